The van der Waals surface area contributed by atoms with E-state index in [1.165, 1.54) is 6.92 Å². The third-order valence-electron chi connectivity index (χ3n) is 5.53. The minimum atomic E-state index is -0.605. The molecule has 1 heterocycles. The molecule has 120 valence electrons. The van der Waals surface area contributed by atoms with Crippen molar-refractivity contribution in [1.29, 1.82) is 0 Å². The summed E-state index contributed by atoms with van der Waals surface area (Å²) in [6, 6.07) is 0. The average molecular weight is 308 g/mol. The van der Waals surface area contributed by atoms with E-state index in [0.717, 1.165) is 0 Å². The normalized spacial score (nSPS) is 38.4. The molecule has 1 saturated heterocycles. The van der Waals surface area contributed by atoms with Crippen LogP contribution in [0.4, 0.5) is 0 Å². The summed E-state index contributed by atoms with van der Waals surface area (Å²) in [4.78, 5) is 34.9. The van der Waals surface area contributed by atoms with Crippen LogP contribution in [0.25, 0.3) is 0 Å². The average Bonchev–Trinajstić information content (AvgIpc) is 3.03. The molecular formula is C16H20O6. The van der Waals surface area contributed by atoms with E-state index < -0.39 is 18.5 Å². The lowest BCUT2D eigenvalue weighted by Crippen LogP contribution is -2.34. The van der Waals surface area contributed by atoms with Crippen molar-refractivity contribution in [1.82, 2.24) is 0 Å². The maximum atomic E-state index is 11.8. The van der Waals surface area contributed by atoms with Gasteiger partial charge in [-0.2, -0.15) is 0 Å². The lowest BCUT2D eigenvalue weighted by atomic mass is 9.74. The van der Waals surface area contributed by atoms with Crippen LogP contribution in [0.5, 0.6) is 0 Å². The quantitative estimate of drug-likeness (QED) is 0.442. The Balaban J connectivity index is 1.58. The minimum absolute atomic E-state index is 0.0521. The highest BCUT2D eigenvalue weighted by molar-refractivity contribution is 5.88. The molecule has 1 spiro atoms. The zero-order valence-electron chi connectivity index (χ0n) is 12.8. The molecular weight excluding hydrogens is 288 g/mol. The second-order valence-corrected chi connectivity index (χ2v) is 6.67. The third kappa shape index (κ3) is 2.12. The van der Waals surface area contributed by atoms with Gasteiger partial charge >= 0.3 is 17.9 Å². The Labute approximate surface area is 128 Å². The van der Waals surface area contributed by atoms with E-state index >= 15 is 0 Å². The number of carbonyl (C=O) groups is 3. The fourth-order valence-corrected chi connectivity index (χ4v) is 4.29. The fourth-order valence-electron chi connectivity index (χ4n) is 4.29. The van der Waals surface area contributed by atoms with Gasteiger partial charge in [-0.25, -0.2) is 9.59 Å². The van der Waals surface area contributed by atoms with Gasteiger partial charge in [-0.1, -0.05) is 13.5 Å². The monoisotopic (exact) mass is 308 g/mol. The fraction of sp³-hybridized carbons (Fsp3) is 0.688. The van der Waals surface area contributed by atoms with E-state index in [1.54, 1.807) is 0 Å². The van der Waals surface area contributed by atoms with Crippen molar-refractivity contribution >= 4 is 17.9 Å². The molecule has 0 amide bonds. The first-order chi connectivity index (χ1) is 10.3. The van der Waals surface area contributed by atoms with Crippen LogP contribution in [0.15, 0.2) is 12.2 Å². The zero-order valence-corrected chi connectivity index (χ0v) is 12.8. The van der Waals surface area contributed by atoms with Gasteiger partial charge in [0.15, 0.2) is 6.61 Å². The molecule has 3 fully saturated rings. The number of fused-ring (bicyclic) bond motifs is 1. The first kappa shape index (κ1) is 15.1. The second-order valence-electron chi connectivity index (χ2n) is 6.67. The largest absolute Gasteiger partial charge is 0.465 e. The first-order valence-corrected chi connectivity index (χ1v) is 7.54. The predicted octanol–water partition coefficient (Wildman–Crippen LogP) is 1.24. The van der Waals surface area contributed by atoms with Gasteiger partial charge in [0.1, 0.15) is 6.10 Å². The van der Waals surface area contributed by atoms with Gasteiger partial charge in [-0.05, 0) is 25.7 Å². The molecule has 1 aliphatic heterocycles. The van der Waals surface area contributed by atoms with Crippen LogP contribution in [0.2, 0.25) is 0 Å². The maximum Gasteiger partial charge on any atom is 0.344 e. The van der Waals surface area contributed by atoms with Crippen molar-refractivity contribution in [2.24, 2.45) is 23.2 Å². The summed E-state index contributed by atoms with van der Waals surface area (Å²) in [7, 11) is 0. The maximum absolute atomic E-state index is 11.8. The van der Waals surface area contributed by atoms with Crippen LogP contribution >= 0.6 is 0 Å². The topological polar surface area (TPSA) is 78.9 Å². The van der Waals surface area contributed by atoms with Gasteiger partial charge in [0, 0.05) is 16.9 Å². The number of ether oxygens (including phenoxy) is 3. The zero-order chi connectivity index (χ0) is 16.1. The van der Waals surface area contributed by atoms with Gasteiger partial charge in [-0.15, -0.1) is 0 Å². The molecule has 0 aromatic rings. The number of rotatable bonds is 4. The SMILES string of the molecule is C=C(C)C(=O)OCC(=O)OC1CC23COC(=O)C2CC1[C@@H]3C. The molecule has 3 aliphatic rings. The van der Waals surface area contributed by atoms with Gasteiger partial charge in [0.05, 0.1) is 12.5 Å². The number of hydrogen-bond donors (Lipinski definition) is 0. The van der Waals surface area contributed by atoms with E-state index in [9.17, 15) is 14.4 Å². The highest BCUT2D eigenvalue weighted by Gasteiger charge is 2.68. The summed E-state index contributed by atoms with van der Waals surface area (Å²) in [6.45, 7) is 7.08. The Morgan fingerprint density at radius 1 is 1.45 bits per heavy atom. The highest BCUT2D eigenvalue weighted by atomic mass is 16.6. The molecule has 6 heteroatoms. The Bertz CT molecular complexity index is 553. The van der Waals surface area contributed by atoms with Gasteiger partial charge < -0.3 is 14.2 Å². The van der Waals surface area contributed by atoms with Crippen molar-refractivity contribution in [3.8, 4) is 0 Å². The second kappa shape index (κ2) is 5.11. The molecule has 2 aliphatic carbocycles. The molecule has 22 heavy (non-hydrogen) atoms. The van der Waals surface area contributed by atoms with E-state index in [1.807, 2.05) is 0 Å². The van der Waals surface area contributed by atoms with Crippen LogP contribution < -0.4 is 0 Å². The number of carbonyl (C=O) groups excluding carboxylic acids is 3. The summed E-state index contributed by atoms with van der Waals surface area (Å²) >= 11 is 0. The molecule has 0 N–H and O–H groups in total. The van der Waals surface area contributed by atoms with Crippen molar-refractivity contribution in [3.05, 3.63) is 12.2 Å². The number of cyclic esters (lactones) is 1. The number of esters is 3. The van der Waals surface area contributed by atoms with E-state index in [0.29, 0.717) is 25.4 Å². The molecule has 0 aromatic heterocycles. The van der Waals surface area contributed by atoms with Crippen LogP contribution in [-0.2, 0) is 28.6 Å². The van der Waals surface area contributed by atoms with Gasteiger partial charge in [0.2, 0.25) is 0 Å². The summed E-state index contributed by atoms with van der Waals surface area (Å²) in [5, 5.41) is 0. The van der Waals surface area contributed by atoms with Gasteiger partial charge in [0.25, 0.3) is 0 Å². The molecule has 3 rings (SSSR count). The highest BCUT2D eigenvalue weighted by Crippen LogP contribution is 2.64. The van der Waals surface area contributed by atoms with Crippen LogP contribution in [-0.4, -0.2) is 37.2 Å². The Kier molecular flexibility index (Phi) is 3.50. The predicted molar refractivity (Wildman–Crippen MR) is 74.4 cm³/mol. The summed E-state index contributed by atoms with van der Waals surface area (Å²) in [5.74, 6) is -0.860. The molecule has 6 nitrogen and oxygen atoms in total. The summed E-state index contributed by atoms with van der Waals surface area (Å²) in [6.07, 6.45) is 1.13. The Morgan fingerprint density at radius 2 is 2.18 bits per heavy atom. The minimum Gasteiger partial charge on any atom is -0.465 e. The van der Waals surface area contributed by atoms with Crippen LogP contribution in [0.1, 0.15) is 26.7 Å². The van der Waals surface area contributed by atoms with Crippen molar-refractivity contribution in [3.63, 3.8) is 0 Å². The lowest BCUT2D eigenvalue weighted by molar-refractivity contribution is -0.163. The smallest absolute Gasteiger partial charge is 0.344 e. The lowest BCUT2D eigenvalue weighted by Gasteiger charge is -2.28. The van der Waals surface area contributed by atoms with E-state index in [2.05, 4.69) is 13.5 Å². The molecule has 2 bridgehead atoms. The summed E-state index contributed by atoms with van der Waals surface area (Å²) in [5.41, 5.74) is 0.0610. The summed E-state index contributed by atoms with van der Waals surface area (Å²) < 4.78 is 15.5. The van der Waals surface area contributed by atoms with Crippen LogP contribution in [0, 0.1) is 23.2 Å². The molecule has 4 unspecified atom stereocenters. The molecule has 0 radical (unpaired) electrons. The van der Waals surface area contributed by atoms with Gasteiger partial charge in [-0.3, -0.25) is 4.79 Å². The van der Waals surface area contributed by atoms with E-state index in [-0.39, 0.29) is 34.9 Å². The Hall–Kier alpha value is -1.85. The molecule has 5 atom stereocenters. The van der Waals surface area contributed by atoms with E-state index in [4.69, 9.17) is 14.2 Å². The number of hydrogen-bond acceptors (Lipinski definition) is 6. The standard InChI is InChI=1S/C16H20O6/c1-8(2)14(18)20-6-13(17)22-12-5-16-7-21-15(19)11(16)4-10(12)9(16)3/h9-12H,1,4-7H2,2-3H3/t9-,10?,11?,12?,16?/m0/s1. The molecule has 0 aromatic carbocycles. The van der Waals surface area contributed by atoms with Crippen molar-refractivity contribution < 1.29 is 28.6 Å². The third-order valence-corrected chi connectivity index (χ3v) is 5.53. The molecule has 2 saturated carbocycles. The van der Waals surface area contributed by atoms with Crippen LogP contribution in [0.3, 0.4) is 0 Å². The van der Waals surface area contributed by atoms with Crippen molar-refractivity contribution in [2.45, 2.75) is 32.8 Å². The first-order valence-electron chi connectivity index (χ1n) is 7.54. The van der Waals surface area contributed by atoms with Crippen molar-refractivity contribution in [2.75, 3.05) is 13.2 Å². The Morgan fingerprint density at radius 3 is 2.86 bits per heavy atom.